The molecule has 0 bridgehead atoms. The third kappa shape index (κ3) is 3.12. The van der Waals surface area contributed by atoms with Crippen LogP contribution in [-0.4, -0.2) is 31.2 Å². The van der Waals surface area contributed by atoms with Crippen LogP contribution in [0.3, 0.4) is 0 Å². The van der Waals surface area contributed by atoms with Crippen molar-refractivity contribution in [3.05, 3.63) is 10.2 Å². The summed E-state index contributed by atoms with van der Waals surface area (Å²) in [5.74, 6) is 0. The quantitative estimate of drug-likeness (QED) is 0.847. The maximum Gasteiger partial charge on any atom is 0.252 e. The summed E-state index contributed by atoms with van der Waals surface area (Å²) in [6.07, 6.45) is 0. The molecule has 5 nitrogen and oxygen atoms in total. The first-order chi connectivity index (χ1) is 6.86. The van der Waals surface area contributed by atoms with E-state index in [9.17, 15) is 8.42 Å². The minimum Gasteiger partial charge on any atom is -0.395 e. The number of aliphatic hydroxyl groups excluding tert-OH is 1. The first-order valence-electron chi connectivity index (χ1n) is 4.13. The van der Waals surface area contributed by atoms with Crippen LogP contribution < -0.4 is 4.72 Å². The van der Waals surface area contributed by atoms with Crippen molar-refractivity contribution in [3.8, 4) is 0 Å². The Bertz CT molecular complexity index is 443. The second-order valence-corrected chi connectivity index (χ2v) is 6.54. The van der Waals surface area contributed by atoms with Gasteiger partial charge in [-0.25, -0.2) is 18.1 Å². The molecule has 1 atom stereocenters. The lowest BCUT2D eigenvalue weighted by Gasteiger charge is -2.09. The Morgan fingerprint density at radius 3 is 2.67 bits per heavy atom. The smallest absolute Gasteiger partial charge is 0.252 e. The Morgan fingerprint density at radius 1 is 1.67 bits per heavy atom. The van der Waals surface area contributed by atoms with Crippen molar-refractivity contribution in [3.63, 3.8) is 0 Å². The Labute approximate surface area is 97.2 Å². The predicted octanol–water partition coefficient (Wildman–Crippen LogP) is 0.764. The highest BCUT2D eigenvalue weighted by Crippen LogP contribution is 2.26. The molecule has 0 spiro atoms. The maximum atomic E-state index is 11.7. The molecule has 0 aliphatic rings. The van der Waals surface area contributed by atoms with Gasteiger partial charge in [-0.1, -0.05) is 22.9 Å². The molecular weight excluding hydrogens is 260 g/mol. The summed E-state index contributed by atoms with van der Waals surface area (Å²) in [6, 6.07) is -0.532. The van der Waals surface area contributed by atoms with Gasteiger partial charge in [0.25, 0.3) is 10.0 Å². The van der Waals surface area contributed by atoms with E-state index in [2.05, 4.69) is 9.71 Å². The van der Waals surface area contributed by atoms with Gasteiger partial charge in [0.2, 0.25) is 0 Å². The molecule has 0 saturated carbocycles. The summed E-state index contributed by atoms with van der Waals surface area (Å²) in [7, 11) is -3.62. The van der Waals surface area contributed by atoms with Crippen molar-refractivity contribution in [1.29, 1.82) is 0 Å². The van der Waals surface area contributed by atoms with Crippen LogP contribution in [0.2, 0.25) is 4.47 Å². The van der Waals surface area contributed by atoms with Crippen molar-refractivity contribution >= 4 is 33.0 Å². The molecule has 0 saturated heterocycles. The molecule has 0 unspecified atom stereocenters. The van der Waals surface area contributed by atoms with Gasteiger partial charge in [0.1, 0.15) is 0 Å². The number of aryl methyl sites for hydroxylation is 1. The average Bonchev–Trinajstić information content (AvgIpc) is 2.45. The number of aliphatic hydroxyl groups is 1. The maximum absolute atomic E-state index is 11.7. The zero-order valence-corrected chi connectivity index (χ0v) is 10.6. The Hall–Kier alpha value is -0.210. The van der Waals surface area contributed by atoms with Crippen LogP contribution in [0.25, 0.3) is 0 Å². The monoisotopic (exact) mass is 270 g/mol. The summed E-state index contributed by atoms with van der Waals surface area (Å²) in [4.78, 5) is 3.81. The Kier molecular flexibility index (Phi) is 4.07. The number of nitrogens with one attached hydrogen (secondary N) is 1. The van der Waals surface area contributed by atoms with Crippen LogP contribution in [0.1, 0.15) is 12.6 Å². The fourth-order valence-electron chi connectivity index (χ4n) is 0.956. The van der Waals surface area contributed by atoms with Gasteiger partial charge in [0.05, 0.1) is 12.3 Å². The molecule has 1 rings (SSSR count). The minimum absolute atomic E-state index is 0.0906. The number of aromatic nitrogens is 1. The summed E-state index contributed by atoms with van der Waals surface area (Å²) >= 11 is 6.50. The number of thiazole rings is 1. The van der Waals surface area contributed by atoms with E-state index in [0.29, 0.717) is 5.69 Å². The molecule has 1 aromatic rings. The molecule has 1 aromatic heterocycles. The highest BCUT2D eigenvalue weighted by Gasteiger charge is 2.22. The van der Waals surface area contributed by atoms with Gasteiger partial charge in [-0.05, 0) is 13.8 Å². The van der Waals surface area contributed by atoms with Crippen LogP contribution in [0.4, 0.5) is 0 Å². The number of nitrogens with zero attached hydrogens (tertiary/aromatic N) is 1. The molecule has 86 valence electrons. The number of sulfonamides is 1. The molecule has 0 fully saturated rings. The lowest BCUT2D eigenvalue weighted by Crippen LogP contribution is -2.34. The molecule has 0 aliphatic carbocycles. The van der Waals surface area contributed by atoms with Gasteiger partial charge in [-0.2, -0.15) is 0 Å². The van der Waals surface area contributed by atoms with E-state index < -0.39 is 16.1 Å². The van der Waals surface area contributed by atoms with E-state index in [0.717, 1.165) is 11.3 Å². The summed E-state index contributed by atoms with van der Waals surface area (Å²) in [5, 5.41) is 8.75. The number of hydrogen-bond acceptors (Lipinski definition) is 5. The molecular formula is C7H11ClN2O3S2. The third-order valence-electron chi connectivity index (χ3n) is 1.60. The van der Waals surface area contributed by atoms with Gasteiger partial charge in [0, 0.05) is 6.04 Å². The van der Waals surface area contributed by atoms with Gasteiger partial charge in [0.15, 0.2) is 8.68 Å². The van der Waals surface area contributed by atoms with Crippen LogP contribution in [0.5, 0.6) is 0 Å². The standard InChI is InChI=1S/C7H11ClN2O3S2/c1-4(3-11)10-15(12,13)6-5(2)9-7(8)14-6/h4,10-11H,3H2,1-2H3/t4-/m0/s1. The van der Waals surface area contributed by atoms with E-state index in [1.807, 2.05) is 0 Å². The first kappa shape index (κ1) is 12.9. The first-order valence-corrected chi connectivity index (χ1v) is 6.80. The molecule has 8 heteroatoms. The van der Waals surface area contributed by atoms with Crippen LogP contribution in [-0.2, 0) is 10.0 Å². The van der Waals surface area contributed by atoms with Crippen molar-refractivity contribution in [2.75, 3.05) is 6.61 Å². The normalized spacial score (nSPS) is 14.1. The van der Waals surface area contributed by atoms with Gasteiger partial charge >= 0.3 is 0 Å². The van der Waals surface area contributed by atoms with Crippen LogP contribution in [0, 0.1) is 6.92 Å². The third-order valence-corrected chi connectivity index (χ3v) is 5.06. The second kappa shape index (κ2) is 4.75. The highest BCUT2D eigenvalue weighted by atomic mass is 35.5. The van der Waals surface area contributed by atoms with E-state index in [1.54, 1.807) is 13.8 Å². The van der Waals surface area contributed by atoms with Crippen LogP contribution >= 0.6 is 22.9 Å². The summed E-state index contributed by atoms with van der Waals surface area (Å²) in [6.45, 7) is 2.88. The average molecular weight is 271 g/mol. The van der Waals surface area contributed by atoms with E-state index in [4.69, 9.17) is 16.7 Å². The van der Waals surface area contributed by atoms with Crippen LogP contribution in [0.15, 0.2) is 4.21 Å². The van der Waals surface area contributed by atoms with E-state index >= 15 is 0 Å². The highest BCUT2D eigenvalue weighted by molar-refractivity contribution is 7.91. The molecule has 15 heavy (non-hydrogen) atoms. The summed E-state index contributed by atoms with van der Waals surface area (Å²) < 4.78 is 26.0. The fraction of sp³-hybridized carbons (Fsp3) is 0.571. The topological polar surface area (TPSA) is 79.3 Å². The van der Waals surface area contributed by atoms with Gasteiger partial charge in [-0.3, -0.25) is 0 Å². The fourth-order valence-corrected chi connectivity index (χ4v) is 3.95. The van der Waals surface area contributed by atoms with Crippen molar-refractivity contribution in [1.82, 2.24) is 9.71 Å². The van der Waals surface area contributed by atoms with Gasteiger partial charge in [-0.15, -0.1) is 0 Å². The largest absolute Gasteiger partial charge is 0.395 e. The lowest BCUT2D eigenvalue weighted by molar-refractivity contribution is 0.265. The molecule has 0 radical (unpaired) electrons. The molecule has 0 aromatic carbocycles. The SMILES string of the molecule is Cc1nc(Cl)sc1S(=O)(=O)N[C@@H](C)CO. The van der Waals surface area contributed by atoms with Gasteiger partial charge < -0.3 is 5.11 Å². The zero-order valence-electron chi connectivity index (χ0n) is 8.19. The Morgan fingerprint density at radius 2 is 2.27 bits per heavy atom. The second-order valence-electron chi connectivity index (χ2n) is 3.04. The molecule has 2 N–H and O–H groups in total. The molecule has 0 aliphatic heterocycles. The van der Waals surface area contributed by atoms with E-state index in [1.165, 1.54) is 0 Å². The molecule has 1 heterocycles. The lowest BCUT2D eigenvalue weighted by atomic mass is 10.4. The molecule has 0 amide bonds. The number of halogens is 1. The predicted molar refractivity (Wildman–Crippen MR) is 58.7 cm³/mol. The summed E-state index contributed by atoms with van der Waals surface area (Å²) in [5.41, 5.74) is 0.364. The zero-order chi connectivity index (χ0) is 11.6. The van der Waals surface area contributed by atoms with Crippen molar-refractivity contribution in [2.24, 2.45) is 0 Å². The number of hydrogen-bond donors (Lipinski definition) is 2. The Balaban J connectivity index is 3.01. The minimum atomic E-state index is -3.62. The van der Waals surface area contributed by atoms with Crippen molar-refractivity contribution < 1.29 is 13.5 Å². The van der Waals surface area contributed by atoms with Crippen molar-refractivity contribution in [2.45, 2.75) is 24.1 Å². The number of rotatable bonds is 4. The van der Waals surface area contributed by atoms with E-state index in [-0.39, 0.29) is 15.3 Å².